The summed E-state index contributed by atoms with van der Waals surface area (Å²) >= 11 is 0. The Labute approximate surface area is 239 Å². The van der Waals surface area contributed by atoms with Crippen LogP contribution < -0.4 is 30.7 Å². The number of carbonyl (C=O) groups excluding carboxylic acids is 2. The highest BCUT2D eigenvalue weighted by molar-refractivity contribution is 6.00. The number of aryl methyl sites for hydroxylation is 1. The van der Waals surface area contributed by atoms with Crippen LogP contribution in [0.25, 0.3) is 0 Å². The SMILES string of the molecule is Cc1ccccc1NC(=O)Nc1ccc(CN[C@@H](CC(C)C)C(=O)N[C@@H](CC(=O)O)c2ccc3c(c2)OCO3)cc1. The second-order valence-electron chi connectivity index (χ2n) is 10.4. The van der Waals surface area contributed by atoms with Gasteiger partial charge in [-0.15, -0.1) is 0 Å². The minimum atomic E-state index is -1.03. The van der Waals surface area contributed by atoms with Gasteiger partial charge < -0.3 is 35.8 Å². The van der Waals surface area contributed by atoms with Crippen LogP contribution in [0.5, 0.6) is 11.5 Å². The van der Waals surface area contributed by atoms with Crippen LogP contribution in [-0.2, 0) is 16.1 Å². The van der Waals surface area contributed by atoms with E-state index in [-0.39, 0.29) is 31.1 Å². The summed E-state index contributed by atoms with van der Waals surface area (Å²) in [6.45, 7) is 6.49. The molecular formula is C31H36N4O6. The molecule has 3 amide bonds. The summed E-state index contributed by atoms with van der Waals surface area (Å²) in [6, 6.07) is 18.4. The van der Waals surface area contributed by atoms with Crippen LogP contribution in [0.2, 0.25) is 0 Å². The molecule has 4 rings (SSSR count). The molecule has 3 aromatic rings. The Morgan fingerprint density at radius 3 is 2.37 bits per heavy atom. The van der Waals surface area contributed by atoms with Crippen molar-refractivity contribution in [3.8, 4) is 11.5 Å². The molecule has 0 aliphatic carbocycles. The third-order valence-corrected chi connectivity index (χ3v) is 6.68. The van der Waals surface area contributed by atoms with E-state index in [4.69, 9.17) is 9.47 Å². The topological polar surface area (TPSA) is 138 Å². The van der Waals surface area contributed by atoms with Crippen LogP contribution in [0.1, 0.15) is 49.4 Å². The molecule has 0 fully saturated rings. The Balaban J connectivity index is 1.36. The fourth-order valence-corrected chi connectivity index (χ4v) is 4.53. The molecule has 0 spiro atoms. The number of anilines is 2. The lowest BCUT2D eigenvalue weighted by atomic mass is 9.99. The highest BCUT2D eigenvalue weighted by Crippen LogP contribution is 2.35. The summed E-state index contributed by atoms with van der Waals surface area (Å²) in [4.78, 5) is 37.4. The van der Waals surface area contributed by atoms with E-state index in [2.05, 4.69) is 21.3 Å². The predicted molar refractivity (Wildman–Crippen MR) is 156 cm³/mol. The largest absolute Gasteiger partial charge is 0.481 e. The summed E-state index contributed by atoms with van der Waals surface area (Å²) < 4.78 is 10.8. The standard InChI is InChI=1S/C31H36N4O6/c1-19(2)14-26(30(38)34-25(16-29(36)37)22-10-13-27-28(15-22)41-18-40-27)32-17-21-8-11-23(12-9-21)33-31(39)35-24-7-5-4-6-20(24)3/h4-13,15,19,25-26,32H,14,16-18H2,1-3H3,(H,34,38)(H,36,37)(H2,33,35,39)/t25-,26-/m0/s1. The van der Waals surface area contributed by atoms with Crippen LogP contribution in [-0.4, -0.2) is 35.8 Å². The van der Waals surface area contributed by atoms with Gasteiger partial charge in [-0.2, -0.15) is 0 Å². The first kappa shape index (κ1) is 29.4. The molecule has 5 N–H and O–H groups in total. The van der Waals surface area contributed by atoms with Crippen molar-refractivity contribution in [3.63, 3.8) is 0 Å². The number of aliphatic carboxylic acids is 1. The quantitative estimate of drug-likeness (QED) is 0.205. The highest BCUT2D eigenvalue weighted by Gasteiger charge is 2.26. The van der Waals surface area contributed by atoms with Crippen molar-refractivity contribution < 1.29 is 29.0 Å². The van der Waals surface area contributed by atoms with E-state index in [9.17, 15) is 19.5 Å². The summed E-state index contributed by atoms with van der Waals surface area (Å²) in [5.41, 5.74) is 3.90. The Hall–Kier alpha value is -4.57. The third-order valence-electron chi connectivity index (χ3n) is 6.68. The number of urea groups is 1. The summed E-state index contributed by atoms with van der Waals surface area (Å²) in [7, 11) is 0. The number of hydrogen-bond donors (Lipinski definition) is 5. The number of hydrogen-bond acceptors (Lipinski definition) is 6. The van der Waals surface area contributed by atoms with Crippen molar-refractivity contribution in [3.05, 3.63) is 83.4 Å². The number of para-hydroxylation sites is 1. The van der Waals surface area contributed by atoms with Crippen LogP contribution in [0.15, 0.2) is 66.7 Å². The van der Waals surface area contributed by atoms with Gasteiger partial charge in [-0.3, -0.25) is 9.59 Å². The Bertz CT molecular complexity index is 1380. The zero-order valence-corrected chi connectivity index (χ0v) is 23.4. The van der Waals surface area contributed by atoms with Crippen molar-refractivity contribution in [2.24, 2.45) is 5.92 Å². The zero-order valence-electron chi connectivity index (χ0n) is 23.4. The van der Waals surface area contributed by atoms with Gasteiger partial charge in [0, 0.05) is 17.9 Å². The van der Waals surface area contributed by atoms with Crippen LogP contribution >= 0.6 is 0 Å². The second-order valence-corrected chi connectivity index (χ2v) is 10.4. The van der Waals surface area contributed by atoms with Crippen LogP contribution in [0.4, 0.5) is 16.2 Å². The minimum absolute atomic E-state index is 0.104. The molecule has 1 aliphatic heterocycles. The lowest BCUT2D eigenvalue weighted by Gasteiger charge is -2.24. The third kappa shape index (κ3) is 8.46. The molecular weight excluding hydrogens is 524 g/mol. The number of carbonyl (C=O) groups is 3. The lowest BCUT2D eigenvalue weighted by molar-refractivity contribution is -0.137. The van der Waals surface area contributed by atoms with E-state index >= 15 is 0 Å². The highest BCUT2D eigenvalue weighted by atomic mass is 16.7. The van der Waals surface area contributed by atoms with E-state index in [0.717, 1.165) is 16.8 Å². The van der Waals surface area contributed by atoms with E-state index in [0.29, 0.717) is 35.7 Å². The second kappa shape index (κ2) is 13.7. The number of ether oxygens (including phenoxy) is 2. The number of carboxylic acid groups (broad SMARTS) is 1. The van der Waals surface area contributed by atoms with Crippen molar-refractivity contribution in [1.82, 2.24) is 10.6 Å². The fourth-order valence-electron chi connectivity index (χ4n) is 4.53. The Kier molecular flexibility index (Phi) is 9.81. The van der Waals surface area contributed by atoms with Gasteiger partial charge in [0.25, 0.3) is 0 Å². The monoisotopic (exact) mass is 560 g/mol. The first-order chi connectivity index (χ1) is 19.7. The number of benzene rings is 3. The maximum absolute atomic E-state index is 13.4. The number of amides is 3. The van der Waals surface area contributed by atoms with Gasteiger partial charge in [0.2, 0.25) is 12.7 Å². The fraction of sp³-hybridized carbons (Fsp3) is 0.323. The summed E-state index contributed by atoms with van der Waals surface area (Å²) in [6.07, 6.45) is 0.289. The molecule has 2 atom stereocenters. The van der Waals surface area contributed by atoms with Gasteiger partial charge in [0.05, 0.1) is 18.5 Å². The molecule has 10 nitrogen and oxygen atoms in total. The number of fused-ring (bicyclic) bond motifs is 1. The van der Waals surface area contributed by atoms with Gasteiger partial charge in [0.15, 0.2) is 11.5 Å². The molecule has 0 radical (unpaired) electrons. The molecule has 216 valence electrons. The normalized spacial score (nSPS) is 13.4. The molecule has 0 saturated heterocycles. The molecule has 0 saturated carbocycles. The van der Waals surface area contributed by atoms with E-state index < -0.39 is 18.1 Å². The van der Waals surface area contributed by atoms with Crippen molar-refractivity contribution in [2.45, 2.75) is 52.2 Å². The van der Waals surface area contributed by atoms with E-state index in [1.165, 1.54) is 0 Å². The Morgan fingerprint density at radius 2 is 1.66 bits per heavy atom. The molecule has 41 heavy (non-hydrogen) atoms. The summed E-state index contributed by atoms with van der Waals surface area (Å²) in [5, 5.41) is 21.4. The maximum Gasteiger partial charge on any atom is 0.323 e. The van der Waals surface area contributed by atoms with Crippen molar-refractivity contribution in [2.75, 3.05) is 17.4 Å². The molecule has 0 bridgehead atoms. The van der Waals surface area contributed by atoms with Gasteiger partial charge in [-0.1, -0.05) is 50.2 Å². The van der Waals surface area contributed by atoms with Gasteiger partial charge in [-0.25, -0.2) is 4.79 Å². The average molecular weight is 561 g/mol. The van der Waals surface area contributed by atoms with Crippen molar-refractivity contribution >= 4 is 29.3 Å². The first-order valence-corrected chi connectivity index (χ1v) is 13.6. The zero-order chi connectivity index (χ0) is 29.4. The smallest absolute Gasteiger partial charge is 0.323 e. The molecule has 3 aromatic carbocycles. The lowest BCUT2D eigenvalue weighted by Crippen LogP contribution is -2.46. The summed E-state index contributed by atoms with van der Waals surface area (Å²) in [5.74, 6) is 0.0210. The van der Waals surface area contributed by atoms with Gasteiger partial charge in [-0.05, 0) is 66.3 Å². The maximum atomic E-state index is 13.4. The van der Waals surface area contributed by atoms with Crippen LogP contribution in [0, 0.1) is 12.8 Å². The van der Waals surface area contributed by atoms with Gasteiger partial charge in [0.1, 0.15) is 0 Å². The van der Waals surface area contributed by atoms with E-state index in [1.807, 2.05) is 57.2 Å². The molecule has 1 aliphatic rings. The average Bonchev–Trinajstić information content (AvgIpc) is 3.40. The molecule has 1 heterocycles. The number of rotatable bonds is 12. The number of carboxylic acids is 1. The van der Waals surface area contributed by atoms with Crippen molar-refractivity contribution in [1.29, 1.82) is 0 Å². The van der Waals surface area contributed by atoms with Gasteiger partial charge >= 0.3 is 12.0 Å². The first-order valence-electron chi connectivity index (χ1n) is 13.6. The number of nitrogens with one attached hydrogen (secondary N) is 4. The molecule has 10 heteroatoms. The minimum Gasteiger partial charge on any atom is -0.481 e. The predicted octanol–water partition coefficient (Wildman–Crippen LogP) is 5.20. The van der Waals surface area contributed by atoms with Crippen LogP contribution in [0.3, 0.4) is 0 Å². The molecule has 0 aromatic heterocycles. The molecule has 0 unspecified atom stereocenters. The Morgan fingerprint density at radius 1 is 0.927 bits per heavy atom. The van der Waals surface area contributed by atoms with E-state index in [1.54, 1.807) is 30.3 Å².